The van der Waals surface area contributed by atoms with Crippen LogP contribution in [0, 0.1) is 16.2 Å². The first-order valence-corrected chi connectivity index (χ1v) is 11.9. The van der Waals surface area contributed by atoms with Gasteiger partial charge in [-0.3, -0.25) is 4.79 Å². The standard InChI is InChI=1S/C28H34N2O4/c1-18(2)19-7-11-21(12-8-19)29-25(32)28-16-15-27(5,26(28,3)4)23(17-28)30-34-24(31)20-9-13-22(33-6)14-10-20/h7-14,18H,15-17H2,1-6H3,(H,29,32)/b30-23-. The average Bonchev–Trinajstić information content (AvgIpc) is 3.13. The number of hydrogen-bond acceptors (Lipinski definition) is 5. The third kappa shape index (κ3) is 3.69. The SMILES string of the molecule is COc1ccc(C(=O)O/N=C2/CC3(C(=O)Nc4ccc(C(C)C)cc4)CCC2(C)C3(C)C)cc1. The zero-order chi connectivity index (χ0) is 24.7. The first-order chi connectivity index (χ1) is 16.0. The summed E-state index contributed by atoms with van der Waals surface area (Å²) in [6.45, 7) is 10.7. The molecule has 6 heteroatoms. The highest BCUT2D eigenvalue weighted by molar-refractivity contribution is 6.06. The Bertz CT molecular complexity index is 1120. The van der Waals surface area contributed by atoms with Crippen LogP contribution in [0.15, 0.2) is 53.7 Å². The summed E-state index contributed by atoms with van der Waals surface area (Å²) in [6, 6.07) is 14.7. The van der Waals surface area contributed by atoms with Crippen LogP contribution in [-0.2, 0) is 9.63 Å². The minimum atomic E-state index is -0.607. The minimum absolute atomic E-state index is 0.00482. The van der Waals surface area contributed by atoms with Crippen LogP contribution in [0.3, 0.4) is 0 Å². The number of nitrogens with zero attached hydrogens (tertiary/aromatic N) is 1. The van der Waals surface area contributed by atoms with Crippen LogP contribution in [0.1, 0.15) is 75.7 Å². The molecule has 2 aromatic rings. The van der Waals surface area contributed by atoms with Crippen LogP contribution >= 0.6 is 0 Å². The second-order valence-electron chi connectivity index (χ2n) is 10.6. The fourth-order valence-electron chi connectivity index (χ4n) is 5.60. The summed E-state index contributed by atoms with van der Waals surface area (Å²) < 4.78 is 5.13. The van der Waals surface area contributed by atoms with Crippen molar-refractivity contribution in [3.63, 3.8) is 0 Å². The van der Waals surface area contributed by atoms with E-state index in [1.165, 1.54) is 5.56 Å². The van der Waals surface area contributed by atoms with E-state index < -0.39 is 11.4 Å². The predicted octanol–water partition coefficient (Wildman–Crippen LogP) is 6.19. The van der Waals surface area contributed by atoms with Gasteiger partial charge >= 0.3 is 5.97 Å². The molecule has 2 unspecified atom stereocenters. The van der Waals surface area contributed by atoms with E-state index in [1.807, 2.05) is 12.1 Å². The molecule has 0 radical (unpaired) electrons. The lowest BCUT2D eigenvalue weighted by atomic mass is 9.64. The lowest BCUT2D eigenvalue weighted by molar-refractivity contribution is -0.130. The van der Waals surface area contributed by atoms with Gasteiger partial charge in [0, 0.05) is 17.5 Å². The molecule has 1 N–H and O–H groups in total. The number of nitrogens with one attached hydrogen (secondary N) is 1. The first kappa shape index (κ1) is 24.0. The van der Waals surface area contributed by atoms with Gasteiger partial charge < -0.3 is 14.9 Å². The summed E-state index contributed by atoms with van der Waals surface area (Å²) in [5.41, 5.74) is 1.93. The summed E-state index contributed by atoms with van der Waals surface area (Å²) in [7, 11) is 1.57. The summed E-state index contributed by atoms with van der Waals surface area (Å²) in [4.78, 5) is 31.6. The fraction of sp³-hybridized carbons (Fsp3) is 0.464. The number of benzene rings is 2. The molecule has 2 atom stereocenters. The lowest BCUT2D eigenvalue weighted by Crippen LogP contribution is -2.43. The van der Waals surface area contributed by atoms with Gasteiger partial charge in [-0.05, 0) is 66.1 Å². The average molecular weight is 463 g/mol. The van der Waals surface area contributed by atoms with Crippen molar-refractivity contribution in [3.05, 3.63) is 59.7 Å². The van der Waals surface area contributed by atoms with Gasteiger partial charge in [0.2, 0.25) is 5.91 Å². The molecule has 6 nitrogen and oxygen atoms in total. The molecule has 0 aliphatic heterocycles. The van der Waals surface area contributed by atoms with Gasteiger partial charge in [0.15, 0.2) is 0 Å². The molecule has 0 heterocycles. The van der Waals surface area contributed by atoms with Crippen molar-refractivity contribution in [2.75, 3.05) is 12.4 Å². The highest BCUT2D eigenvalue weighted by atomic mass is 16.7. The van der Waals surface area contributed by atoms with Crippen LogP contribution in [0.2, 0.25) is 0 Å². The van der Waals surface area contributed by atoms with Crippen molar-refractivity contribution < 1.29 is 19.2 Å². The maximum Gasteiger partial charge on any atom is 0.365 e. The van der Waals surface area contributed by atoms with Gasteiger partial charge in [0.1, 0.15) is 5.75 Å². The van der Waals surface area contributed by atoms with Gasteiger partial charge in [-0.25, -0.2) is 4.79 Å². The van der Waals surface area contributed by atoms with E-state index in [0.29, 0.717) is 23.7 Å². The normalized spacial score (nSPS) is 26.0. The number of ether oxygens (including phenoxy) is 1. The number of anilines is 1. The number of methoxy groups -OCH3 is 1. The van der Waals surface area contributed by atoms with E-state index in [1.54, 1.807) is 31.4 Å². The van der Waals surface area contributed by atoms with Crippen LogP contribution < -0.4 is 10.1 Å². The van der Waals surface area contributed by atoms with Crippen LogP contribution in [0.25, 0.3) is 0 Å². The summed E-state index contributed by atoms with van der Waals surface area (Å²) in [6.07, 6.45) is 2.07. The Morgan fingerprint density at radius 2 is 1.62 bits per heavy atom. The molecule has 2 saturated carbocycles. The molecule has 2 aliphatic rings. The number of hydrogen-bond donors (Lipinski definition) is 1. The van der Waals surface area contributed by atoms with Gasteiger partial charge in [-0.2, -0.15) is 0 Å². The molecule has 2 fully saturated rings. The number of carbonyl (C=O) groups excluding carboxylic acids is 2. The molecule has 2 aliphatic carbocycles. The highest BCUT2D eigenvalue weighted by Gasteiger charge is 2.71. The molecule has 0 aromatic heterocycles. The van der Waals surface area contributed by atoms with E-state index in [-0.39, 0.29) is 16.7 Å². The maximum absolute atomic E-state index is 13.7. The van der Waals surface area contributed by atoms with E-state index in [0.717, 1.165) is 24.2 Å². The molecular weight excluding hydrogens is 428 g/mol. The van der Waals surface area contributed by atoms with Crippen LogP contribution in [0.5, 0.6) is 5.75 Å². The second kappa shape index (κ2) is 8.57. The Hall–Kier alpha value is -3.15. The number of fused-ring (bicyclic) bond motifs is 2. The third-order valence-electron chi connectivity index (χ3n) is 8.57. The molecule has 34 heavy (non-hydrogen) atoms. The monoisotopic (exact) mass is 462 g/mol. The molecular formula is C28H34N2O4. The third-order valence-corrected chi connectivity index (χ3v) is 8.57. The van der Waals surface area contributed by atoms with E-state index in [2.05, 4.69) is 57.2 Å². The van der Waals surface area contributed by atoms with Crippen LogP contribution in [-0.4, -0.2) is 24.7 Å². The Labute approximate surface area is 201 Å². The van der Waals surface area contributed by atoms with Crippen molar-refractivity contribution in [3.8, 4) is 5.75 Å². The Morgan fingerprint density at radius 3 is 2.21 bits per heavy atom. The number of oxime groups is 1. The topological polar surface area (TPSA) is 77.0 Å². The molecule has 0 saturated heterocycles. The maximum atomic E-state index is 13.7. The van der Waals surface area contributed by atoms with Crippen molar-refractivity contribution >= 4 is 23.3 Å². The van der Waals surface area contributed by atoms with Crippen molar-refractivity contribution in [2.24, 2.45) is 21.4 Å². The van der Waals surface area contributed by atoms with E-state index >= 15 is 0 Å². The summed E-state index contributed by atoms with van der Waals surface area (Å²) >= 11 is 0. The largest absolute Gasteiger partial charge is 0.497 e. The molecule has 1 amide bonds. The number of rotatable bonds is 6. The number of amides is 1. The lowest BCUT2D eigenvalue weighted by Gasteiger charge is -2.39. The van der Waals surface area contributed by atoms with E-state index in [4.69, 9.17) is 9.57 Å². The summed E-state index contributed by atoms with van der Waals surface area (Å²) in [5.74, 6) is 0.581. The van der Waals surface area contributed by atoms with Crippen molar-refractivity contribution in [2.45, 2.75) is 59.8 Å². The van der Waals surface area contributed by atoms with Gasteiger partial charge in [-0.1, -0.05) is 51.9 Å². The van der Waals surface area contributed by atoms with E-state index in [9.17, 15) is 9.59 Å². The Kier molecular flexibility index (Phi) is 6.05. The molecule has 2 bridgehead atoms. The zero-order valence-corrected chi connectivity index (χ0v) is 20.9. The van der Waals surface area contributed by atoms with Gasteiger partial charge in [-0.15, -0.1) is 0 Å². The zero-order valence-electron chi connectivity index (χ0n) is 20.9. The van der Waals surface area contributed by atoms with Crippen molar-refractivity contribution in [1.29, 1.82) is 0 Å². The summed E-state index contributed by atoms with van der Waals surface area (Å²) in [5, 5.41) is 7.46. The fourth-order valence-corrected chi connectivity index (χ4v) is 5.60. The Morgan fingerprint density at radius 1 is 0.971 bits per heavy atom. The minimum Gasteiger partial charge on any atom is -0.497 e. The Balaban J connectivity index is 1.54. The first-order valence-electron chi connectivity index (χ1n) is 11.9. The molecule has 4 rings (SSSR count). The number of carbonyl (C=O) groups is 2. The quantitative estimate of drug-likeness (QED) is 0.410. The van der Waals surface area contributed by atoms with Gasteiger partial charge in [0.05, 0.1) is 23.8 Å². The highest BCUT2D eigenvalue weighted by Crippen LogP contribution is 2.71. The molecule has 180 valence electrons. The second-order valence-corrected chi connectivity index (χ2v) is 10.6. The predicted molar refractivity (Wildman–Crippen MR) is 133 cm³/mol. The smallest absolute Gasteiger partial charge is 0.365 e. The molecule has 2 aromatic carbocycles. The van der Waals surface area contributed by atoms with Crippen LogP contribution in [0.4, 0.5) is 5.69 Å². The van der Waals surface area contributed by atoms with Gasteiger partial charge in [0.25, 0.3) is 0 Å². The molecule has 0 spiro atoms. The van der Waals surface area contributed by atoms with Crippen molar-refractivity contribution in [1.82, 2.24) is 0 Å².